The molecule has 0 fully saturated rings. The summed E-state index contributed by atoms with van der Waals surface area (Å²) in [5.74, 6) is -0.325. The fourth-order valence-electron chi connectivity index (χ4n) is 2.87. The molecule has 0 saturated carbocycles. The zero-order valence-electron chi connectivity index (χ0n) is 15.8. The predicted molar refractivity (Wildman–Crippen MR) is 114 cm³/mol. The number of benzene rings is 3. The van der Waals surface area contributed by atoms with E-state index in [0.717, 1.165) is 0 Å². The van der Waals surface area contributed by atoms with Gasteiger partial charge in [0, 0.05) is 48.0 Å². The third-order valence-corrected chi connectivity index (χ3v) is 4.50. The lowest BCUT2D eigenvalue weighted by Gasteiger charge is -2.21. The quantitative estimate of drug-likeness (QED) is 0.685. The lowest BCUT2D eigenvalue weighted by atomic mass is 10.1. The zero-order chi connectivity index (χ0) is 20.3. The van der Waals surface area contributed by atoms with E-state index >= 15 is 0 Å². The van der Waals surface area contributed by atoms with Crippen molar-refractivity contribution < 1.29 is 9.59 Å². The molecular weight excluding hydrogens is 352 g/mol. The first-order chi connectivity index (χ1) is 13.4. The molecule has 3 aromatic carbocycles. The average Bonchev–Trinajstić information content (AvgIpc) is 2.71. The van der Waals surface area contributed by atoms with Crippen LogP contribution in [0.1, 0.15) is 20.7 Å². The van der Waals surface area contributed by atoms with Gasteiger partial charge in [-0.05, 0) is 60.7 Å². The minimum Gasteiger partial charge on any atom is -0.399 e. The average molecular weight is 374 g/mol. The Kier molecular flexibility index (Phi) is 5.31. The molecule has 0 aliphatic carbocycles. The van der Waals surface area contributed by atoms with E-state index in [-0.39, 0.29) is 11.8 Å². The standard InChI is InChI=1S/C22H22N4O2/c1-25(21(27)15-5-3-7-17(23)13-15)19-9-11-20(12-10-19)26(2)22(28)16-6-4-8-18(24)14-16/h3-14H,23-24H2,1-2H3. The van der Waals surface area contributed by atoms with Crippen molar-refractivity contribution in [2.24, 2.45) is 0 Å². The molecule has 0 atom stereocenters. The highest BCUT2D eigenvalue weighted by Gasteiger charge is 2.16. The lowest BCUT2D eigenvalue weighted by Crippen LogP contribution is -2.27. The van der Waals surface area contributed by atoms with Gasteiger partial charge in [-0.1, -0.05) is 12.1 Å². The molecule has 142 valence electrons. The Balaban J connectivity index is 1.77. The van der Waals surface area contributed by atoms with E-state index < -0.39 is 0 Å². The largest absolute Gasteiger partial charge is 0.399 e. The van der Waals surface area contributed by atoms with Crippen LogP contribution in [0.5, 0.6) is 0 Å². The number of nitrogen functional groups attached to an aromatic ring is 2. The fraction of sp³-hybridized carbons (Fsp3) is 0.0909. The van der Waals surface area contributed by atoms with Crippen molar-refractivity contribution >= 4 is 34.6 Å². The Bertz CT molecular complexity index is 933. The molecule has 28 heavy (non-hydrogen) atoms. The minimum absolute atomic E-state index is 0.163. The van der Waals surface area contributed by atoms with Gasteiger partial charge in [-0.3, -0.25) is 9.59 Å². The van der Waals surface area contributed by atoms with E-state index in [1.165, 1.54) is 9.80 Å². The molecule has 0 aliphatic heterocycles. The van der Waals surface area contributed by atoms with Crippen molar-refractivity contribution in [3.63, 3.8) is 0 Å². The minimum atomic E-state index is -0.163. The summed E-state index contributed by atoms with van der Waals surface area (Å²) in [4.78, 5) is 28.4. The fourth-order valence-corrected chi connectivity index (χ4v) is 2.87. The van der Waals surface area contributed by atoms with E-state index in [9.17, 15) is 9.59 Å². The number of nitrogens with two attached hydrogens (primary N) is 2. The summed E-state index contributed by atoms with van der Waals surface area (Å²) < 4.78 is 0. The van der Waals surface area contributed by atoms with Gasteiger partial charge in [-0.15, -0.1) is 0 Å². The SMILES string of the molecule is CN(C(=O)c1cccc(N)c1)c1ccc(N(C)C(=O)c2cccc(N)c2)cc1. The lowest BCUT2D eigenvalue weighted by molar-refractivity contribution is 0.0985. The molecule has 0 unspecified atom stereocenters. The van der Waals surface area contributed by atoms with E-state index in [1.54, 1.807) is 86.9 Å². The normalized spacial score (nSPS) is 10.4. The van der Waals surface area contributed by atoms with Crippen molar-refractivity contribution in [3.05, 3.63) is 83.9 Å². The molecule has 2 amide bonds. The maximum Gasteiger partial charge on any atom is 0.258 e. The Labute approximate surface area is 164 Å². The molecule has 6 heteroatoms. The first kappa shape index (κ1) is 19.0. The Morgan fingerprint density at radius 3 is 1.32 bits per heavy atom. The van der Waals surface area contributed by atoms with E-state index in [4.69, 9.17) is 11.5 Å². The number of hydrogen-bond acceptors (Lipinski definition) is 4. The van der Waals surface area contributed by atoms with Crippen LogP contribution in [-0.2, 0) is 0 Å². The van der Waals surface area contributed by atoms with Crippen molar-refractivity contribution in [1.29, 1.82) is 0 Å². The first-order valence-electron chi connectivity index (χ1n) is 8.74. The second-order valence-electron chi connectivity index (χ2n) is 6.50. The number of rotatable bonds is 4. The van der Waals surface area contributed by atoms with Crippen LogP contribution in [0, 0.1) is 0 Å². The maximum absolute atomic E-state index is 12.6. The number of carbonyl (C=O) groups is 2. The second-order valence-corrected chi connectivity index (χ2v) is 6.50. The number of anilines is 4. The van der Waals surface area contributed by atoms with Gasteiger partial charge in [-0.25, -0.2) is 0 Å². The highest BCUT2D eigenvalue weighted by molar-refractivity contribution is 6.07. The van der Waals surface area contributed by atoms with Crippen molar-refractivity contribution in [2.75, 3.05) is 35.4 Å². The van der Waals surface area contributed by atoms with Crippen LogP contribution < -0.4 is 21.3 Å². The monoisotopic (exact) mass is 374 g/mol. The molecule has 6 nitrogen and oxygen atoms in total. The Morgan fingerprint density at radius 1 is 0.643 bits per heavy atom. The van der Waals surface area contributed by atoms with Crippen LogP contribution in [-0.4, -0.2) is 25.9 Å². The molecule has 3 aromatic rings. The molecule has 3 rings (SSSR count). The molecule has 0 spiro atoms. The van der Waals surface area contributed by atoms with E-state index in [1.807, 2.05) is 0 Å². The smallest absolute Gasteiger partial charge is 0.258 e. The predicted octanol–water partition coefficient (Wildman–Crippen LogP) is 3.40. The summed E-state index contributed by atoms with van der Waals surface area (Å²) >= 11 is 0. The third-order valence-electron chi connectivity index (χ3n) is 4.50. The Hall–Kier alpha value is -3.80. The van der Waals surface area contributed by atoms with Crippen LogP contribution >= 0.6 is 0 Å². The molecule has 0 heterocycles. The topological polar surface area (TPSA) is 92.7 Å². The molecule has 0 aromatic heterocycles. The zero-order valence-corrected chi connectivity index (χ0v) is 15.8. The first-order valence-corrected chi connectivity index (χ1v) is 8.74. The van der Waals surface area contributed by atoms with Gasteiger partial charge in [0.15, 0.2) is 0 Å². The third kappa shape index (κ3) is 3.96. The number of hydrogen-bond donors (Lipinski definition) is 2. The van der Waals surface area contributed by atoms with Gasteiger partial charge >= 0.3 is 0 Å². The summed E-state index contributed by atoms with van der Waals surface area (Å²) in [5, 5.41) is 0. The van der Waals surface area contributed by atoms with Gasteiger partial charge in [-0.2, -0.15) is 0 Å². The van der Waals surface area contributed by atoms with Crippen molar-refractivity contribution in [2.45, 2.75) is 0 Å². The van der Waals surface area contributed by atoms with Crippen LogP contribution in [0.4, 0.5) is 22.7 Å². The van der Waals surface area contributed by atoms with Crippen LogP contribution in [0.25, 0.3) is 0 Å². The highest BCUT2D eigenvalue weighted by Crippen LogP contribution is 2.23. The van der Waals surface area contributed by atoms with E-state index in [2.05, 4.69) is 0 Å². The van der Waals surface area contributed by atoms with Gasteiger partial charge in [0.2, 0.25) is 0 Å². The summed E-state index contributed by atoms with van der Waals surface area (Å²) in [5.41, 5.74) is 15.0. The molecule has 0 saturated heterocycles. The molecule has 0 bridgehead atoms. The van der Waals surface area contributed by atoms with Crippen LogP contribution in [0.2, 0.25) is 0 Å². The van der Waals surface area contributed by atoms with E-state index in [0.29, 0.717) is 33.9 Å². The van der Waals surface area contributed by atoms with Crippen molar-refractivity contribution in [3.8, 4) is 0 Å². The van der Waals surface area contributed by atoms with Gasteiger partial charge < -0.3 is 21.3 Å². The molecular formula is C22H22N4O2. The summed E-state index contributed by atoms with van der Waals surface area (Å²) in [6.07, 6.45) is 0. The summed E-state index contributed by atoms with van der Waals surface area (Å²) in [7, 11) is 3.39. The molecule has 4 N–H and O–H groups in total. The summed E-state index contributed by atoms with van der Waals surface area (Å²) in [6.45, 7) is 0. The maximum atomic E-state index is 12.6. The number of carbonyl (C=O) groups excluding carboxylic acids is 2. The van der Waals surface area contributed by atoms with Gasteiger partial charge in [0.25, 0.3) is 11.8 Å². The van der Waals surface area contributed by atoms with Crippen molar-refractivity contribution in [1.82, 2.24) is 0 Å². The number of amides is 2. The second kappa shape index (κ2) is 7.84. The van der Waals surface area contributed by atoms with Crippen LogP contribution in [0.3, 0.4) is 0 Å². The van der Waals surface area contributed by atoms with Gasteiger partial charge in [0.05, 0.1) is 0 Å². The summed E-state index contributed by atoms with van der Waals surface area (Å²) in [6, 6.07) is 20.9. The molecule has 0 radical (unpaired) electrons. The van der Waals surface area contributed by atoms with Gasteiger partial charge in [0.1, 0.15) is 0 Å². The highest BCUT2D eigenvalue weighted by atomic mass is 16.2. The number of nitrogens with zero attached hydrogens (tertiary/aromatic N) is 2. The Morgan fingerprint density at radius 2 is 1.00 bits per heavy atom. The molecule has 0 aliphatic rings. The van der Waals surface area contributed by atoms with Crippen LogP contribution in [0.15, 0.2) is 72.8 Å².